The van der Waals surface area contributed by atoms with E-state index < -0.39 is 29.6 Å². The first-order valence-corrected chi connectivity index (χ1v) is 6.08. The van der Waals surface area contributed by atoms with E-state index in [0.29, 0.717) is 18.9 Å². The van der Waals surface area contributed by atoms with E-state index in [1.165, 1.54) is 6.07 Å². The van der Waals surface area contributed by atoms with E-state index in [-0.39, 0.29) is 12.1 Å². The van der Waals surface area contributed by atoms with Gasteiger partial charge in [0.2, 0.25) is 0 Å². The minimum Gasteiger partial charge on any atom is -0.480 e. The third kappa shape index (κ3) is 4.19. The topological polar surface area (TPSA) is 49.3 Å². The van der Waals surface area contributed by atoms with E-state index in [1.807, 2.05) is 0 Å². The zero-order valence-corrected chi connectivity index (χ0v) is 10.8. The molecule has 1 aromatic carbocycles. The summed E-state index contributed by atoms with van der Waals surface area (Å²) in [7, 11) is 0. The normalized spacial score (nSPS) is 13.2. The van der Waals surface area contributed by atoms with Crippen LogP contribution < -0.4 is 5.32 Å². The van der Waals surface area contributed by atoms with Gasteiger partial charge in [-0.15, -0.1) is 0 Å². The Bertz CT molecular complexity index is 474. The van der Waals surface area contributed by atoms with Crippen molar-refractivity contribution in [1.82, 2.24) is 5.32 Å². The molecule has 20 heavy (non-hydrogen) atoms. The monoisotopic (exact) mass is 293 g/mol. The quantitative estimate of drug-likeness (QED) is 0.792. The average molecular weight is 293 g/mol. The molecule has 0 fully saturated rings. The van der Waals surface area contributed by atoms with Gasteiger partial charge in [-0.05, 0) is 12.5 Å². The lowest BCUT2D eigenvalue weighted by Gasteiger charge is -2.15. The molecule has 1 aromatic rings. The summed E-state index contributed by atoms with van der Waals surface area (Å²) < 4.78 is 51.3. The maximum absolute atomic E-state index is 13.7. The number of halogens is 4. The summed E-state index contributed by atoms with van der Waals surface area (Å²) in [6.45, 7) is 1.51. The zero-order chi connectivity index (χ0) is 15.3. The molecule has 0 bridgehead atoms. The maximum atomic E-state index is 13.7. The largest absolute Gasteiger partial charge is 0.480 e. The summed E-state index contributed by atoms with van der Waals surface area (Å²) in [6.07, 6.45) is -3.86. The summed E-state index contributed by atoms with van der Waals surface area (Å²) in [4.78, 5) is 10.9. The summed E-state index contributed by atoms with van der Waals surface area (Å²) >= 11 is 0. The van der Waals surface area contributed by atoms with Crippen molar-refractivity contribution in [2.45, 2.75) is 38.5 Å². The van der Waals surface area contributed by atoms with Gasteiger partial charge in [-0.2, -0.15) is 13.2 Å². The fourth-order valence-electron chi connectivity index (χ4n) is 1.77. The van der Waals surface area contributed by atoms with Crippen LogP contribution in [0.4, 0.5) is 17.6 Å². The van der Waals surface area contributed by atoms with Crippen LogP contribution in [0, 0.1) is 5.82 Å². The third-order valence-electron chi connectivity index (χ3n) is 2.80. The molecule has 0 aliphatic rings. The highest BCUT2D eigenvalue weighted by Gasteiger charge is 2.34. The molecule has 1 atom stereocenters. The van der Waals surface area contributed by atoms with Crippen LogP contribution in [-0.2, 0) is 17.5 Å². The maximum Gasteiger partial charge on any atom is 0.419 e. The molecule has 3 nitrogen and oxygen atoms in total. The molecule has 0 unspecified atom stereocenters. The number of carboxylic acid groups (broad SMARTS) is 1. The lowest BCUT2D eigenvalue weighted by atomic mass is 10.1. The number of hydrogen-bond donors (Lipinski definition) is 2. The predicted octanol–water partition coefficient (Wildman–Crippen LogP) is 3.19. The summed E-state index contributed by atoms with van der Waals surface area (Å²) in [5, 5.41) is 11.4. The molecule has 0 heterocycles. The molecule has 0 spiro atoms. The first-order valence-electron chi connectivity index (χ1n) is 6.08. The zero-order valence-electron chi connectivity index (χ0n) is 10.8. The molecule has 7 heteroatoms. The van der Waals surface area contributed by atoms with Gasteiger partial charge in [-0.3, -0.25) is 4.79 Å². The number of rotatable bonds is 6. The van der Waals surface area contributed by atoms with E-state index in [0.717, 1.165) is 6.07 Å². The first kappa shape index (κ1) is 16.4. The van der Waals surface area contributed by atoms with Crippen molar-refractivity contribution in [1.29, 1.82) is 0 Å². The number of carboxylic acids is 1. The Balaban J connectivity index is 2.86. The molecule has 0 radical (unpaired) electrons. The fraction of sp³-hybridized carbons (Fsp3) is 0.462. The molecule has 0 amide bonds. The van der Waals surface area contributed by atoms with Crippen molar-refractivity contribution < 1.29 is 27.5 Å². The van der Waals surface area contributed by atoms with Crippen LogP contribution in [-0.4, -0.2) is 17.1 Å². The molecule has 1 rings (SSSR count). The second-order valence-corrected chi connectivity index (χ2v) is 4.34. The van der Waals surface area contributed by atoms with Crippen LogP contribution in [0.3, 0.4) is 0 Å². The van der Waals surface area contributed by atoms with Gasteiger partial charge in [0.05, 0.1) is 5.56 Å². The Morgan fingerprint density at radius 1 is 1.40 bits per heavy atom. The summed E-state index contributed by atoms with van der Waals surface area (Å²) in [6, 6.07) is 2.04. The lowest BCUT2D eigenvalue weighted by molar-refractivity contribution is -0.141. The number of alkyl halides is 3. The molecular formula is C13H15F4NO2. The van der Waals surface area contributed by atoms with Gasteiger partial charge >= 0.3 is 12.1 Å². The molecule has 2 N–H and O–H groups in total. The van der Waals surface area contributed by atoms with Gasteiger partial charge < -0.3 is 10.4 Å². The Kier molecular flexibility index (Phi) is 5.50. The standard InChI is InChI=1S/C13H15F4NO2/c1-2-4-10(12(19)20)18-7-8-5-3-6-9(11(8)14)13(15,16)17/h3,5-6,10,18H,2,4,7H2,1H3,(H,19,20)/t10-/m0/s1. The molecule has 0 saturated heterocycles. The second-order valence-electron chi connectivity index (χ2n) is 4.34. The van der Waals surface area contributed by atoms with Crippen molar-refractivity contribution >= 4 is 5.97 Å². The smallest absolute Gasteiger partial charge is 0.419 e. The SMILES string of the molecule is CCC[C@H](NCc1cccc(C(F)(F)F)c1F)C(=O)O. The molecule has 0 aliphatic heterocycles. The molecule has 112 valence electrons. The number of hydrogen-bond acceptors (Lipinski definition) is 2. The van der Waals surface area contributed by atoms with Crippen LogP contribution in [0.5, 0.6) is 0 Å². The molecule has 0 aromatic heterocycles. The van der Waals surface area contributed by atoms with E-state index in [4.69, 9.17) is 5.11 Å². The van der Waals surface area contributed by atoms with Gasteiger partial charge in [0.1, 0.15) is 11.9 Å². The number of aliphatic carboxylic acids is 1. The van der Waals surface area contributed by atoms with Crippen molar-refractivity contribution in [2.75, 3.05) is 0 Å². The summed E-state index contributed by atoms with van der Waals surface area (Å²) in [5.74, 6) is -2.48. The Morgan fingerprint density at radius 3 is 2.55 bits per heavy atom. The first-order chi connectivity index (χ1) is 9.27. The Hall–Kier alpha value is -1.63. The van der Waals surface area contributed by atoms with Gasteiger partial charge in [0.15, 0.2) is 0 Å². The Morgan fingerprint density at radius 2 is 2.05 bits per heavy atom. The highest BCUT2D eigenvalue weighted by Crippen LogP contribution is 2.32. The van der Waals surface area contributed by atoms with E-state index in [1.54, 1.807) is 6.92 Å². The minimum absolute atomic E-state index is 0.206. The molecule has 0 aliphatic carbocycles. The average Bonchev–Trinajstić information content (AvgIpc) is 2.34. The van der Waals surface area contributed by atoms with Crippen LogP contribution in [0.2, 0.25) is 0 Å². The highest BCUT2D eigenvalue weighted by molar-refractivity contribution is 5.73. The van der Waals surface area contributed by atoms with E-state index >= 15 is 0 Å². The molecule has 0 saturated carbocycles. The number of carbonyl (C=O) groups is 1. The fourth-order valence-corrected chi connectivity index (χ4v) is 1.77. The van der Waals surface area contributed by atoms with Gasteiger partial charge in [-0.1, -0.05) is 25.5 Å². The highest BCUT2D eigenvalue weighted by atomic mass is 19.4. The Labute approximate surface area is 113 Å². The predicted molar refractivity (Wildman–Crippen MR) is 64.6 cm³/mol. The second kappa shape index (κ2) is 6.69. The van der Waals surface area contributed by atoms with E-state index in [9.17, 15) is 22.4 Å². The number of nitrogens with one attached hydrogen (secondary N) is 1. The van der Waals surface area contributed by atoms with Gasteiger partial charge in [0, 0.05) is 12.1 Å². The van der Waals surface area contributed by atoms with Crippen molar-refractivity contribution in [3.8, 4) is 0 Å². The minimum atomic E-state index is -4.77. The summed E-state index contributed by atoms with van der Waals surface area (Å²) in [5.41, 5.74) is -1.55. The number of benzene rings is 1. The van der Waals surface area contributed by atoms with Crippen molar-refractivity contribution in [2.24, 2.45) is 0 Å². The molecular weight excluding hydrogens is 278 g/mol. The van der Waals surface area contributed by atoms with Crippen LogP contribution in [0.1, 0.15) is 30.9 Å². The third-order valence-corrected chi connectivity index (χ3v) is 2.80. The van der Waals surface area contributed by atoms with E-state index in [2.05, 4.69) is 5.32 Å². The van der Waals surface area contributed by atoms with Gasteiger partial charge in [-0.25, -0.2) is 4.39 Å². The van der Waals surface area contributed by atoms with Gasteiger partial charge in [0.25, 0.3) is 0 Å². The van der Waals surface area contributed by atoms with Crippen molar-refractivity contribution in [3.63, 3.8) is 0 Å². The van der Waals surface area contributed by atoms with Crippen LogP contribution >= 0.6 is 0 Å². The van der Waals surface area contributed by atoms with Crippen LogP contribution in [0.25, 0.3) is 0 Å². The van der Waals surface area contributed by atoms with Crippen molar-refractivity contribution in [3.05, 3.63) is 35.1 Å². The van der Waals surface area contributed by atoms with Crippen LogP contribution in [0.15, 0.2) is 18.2 Å². The lowest BCUT2D eigenvalue weighted by Crippen LogP contribution is -2.36.